The third-order valence-electron chi connectivity index (χ3n) is 5.46. The predicted octanol–water partition coefficient (Wildman–Crippen LogP) is 3.01. The molecule has 1 amide bonds. The van der Waals surface area contributed by atoms with Gasteiger partial charge in [-0.25, -0.2) is 4.68 Å². The molecule has 1 saturated heterocycles. The van der Waals surface area contributed by atoms with Crippen molar-refractivity contribution in [1.82, 2.24) is 15.1 Å². The second kappa shape index (κ2) is 6.74. The van der Waals surface area contributed by atoms with E-state index in [1.807, 2.05) is 79.8 Å². The summed E-state index contributed by atoms with van der Waals surface area (Å²) in [4.78, 5) is 13.2. The Labute approximate surface area is 167 Å². The maximum absolute atomic E-state index is 13.2. The molecule has 0 bridgehead atoms. The third-order valence-corrected chi connectivity index (χ3v) is 5.46. The Balaban J connectivity index is 2.10. The number of aromatic nitrogens is 2. The molecule has 0 saturated carbocycles. The van der Waals surface area contributed by atoms with Crippen LogP contribution in [0.1, 0.15) is 64.4 Å². The van der Waals surface area contributed by atoms with Crippen LogP contribution in [0.2, 0.25) is 0 Å². The smallest absolute Gasteiger partial charge is 0.399 e. The van der Waals surface area contributed by atoms with Crippen LogP contribution in [0.3, 0.4) is 0 Å². The minimum atomic E-state index is -0.530. The second-order valence-corrected chi connectivity index (χ2v) is 9.42. The molecule has 7 heteroatoms. The molecule has 6 nitrogen and oxygen atoms in total. The average Bonchev–Trinajstić information content (AvgIpc) is 3.11. The number of amides is 1. The van der Waals surface area contributed by atoms with Crippen molar-refractivity contribution in [2.75, 3.05) is 0 Å². The molecule has 1 aromatic heterocycles. The summed E-state index contributed by atoms with van der Waals surface area (Å²) in [6, 6.07) is 5.70. The van der Waals surface area contributed by atoms with E-state index in [1.54, 1.807) is 10.9 Å². The summed E-state index contributed by atoms with van der Waals surface area (Å²) in [6.07, 6.45) is 3.53. The molecular formula is C21H30BN3O3. The summed E-state index contributed by atoms with van der Waals surface area (Å²) in [5.41, 5.74) is 1.74. The van der Waals surface area contributed by atoms with Crippen molar-refractivity contribution < 1.29 is 14.1 Å². The number of hydrogen-bond donors (Lipinski definition) is 1. The first-order valence-corrected chi connectivity index (χ1v) is 9.64. The topological polar surface area (TPSA) is 65.4 Å². The molecule has 0 unspecified atom stereocenters. The van der Waals surface area contributed by atoms with Crippen molar-refractivity contribution in [2.45, 2.75) is 72.1 Å². The van der Waals surface area contributed by atoms with Crippen LogP contribution in [-0.2, 0) is 9.31 Å². The summed E-state index contributed by atoms with van der Waals surface area (Å²) >= 11 is 0. The maximum Gasteiger partial charge on any atom is 0.495 e. The Kier molecular flexibility index (Phi) is 4.96. The maximum atomic E-state index is 13.2. The largest absolute Gasteiger partial charge is 0.495 e. The minimum Gasteiger partial charge on any atom is -0.399 e. The minimum absolute atomic E-state index is 0.145. The van der Waals surface area contributed by atoms with Crippen LogP contribution < -0.4 is 10.8 Å². The molecule has 150 valence electrons. The Morgan fingerprint density at radius 3 is 2.25 bits per heavy atom. The van der Waals surface area contributed by atoms with Gasteiger partial charge in [-0.05, 0) is 78.5 Å². The molecule has 1 aromatic carbocycles. The molecule has 28 heavy (non-hydrogen) atoms. The van der Waals surface area contributed by atoms with Crippen LogP contribution in [0, 0.1) is 6.92 Å². The predicted molar refractivity (Wildman–Crippen MR) is 111 cm³/mol. The lowest BCUT2D eigenvalue weighted by Crippen LogP contribution is -2.43. The van der Waals surface area contributed by atoms with E-state index in [4.69, 9.17) is 9.31 Å². The van der Waals surface area contributed by atoms with Crippen molar-refractivity contribution in [3.8, 4) is 5.69 Å². The Morgan fingerprint density at radius 1 is 1.14 bits per heavy atom. The zero-order chi connectivity index (χ0) is 20.9. The zero-order valence-electron chi connectivity index (χ0n) is 18.1. The highest BCUT2D eigenvalue weighted by Gasteiger charge is 2.52. The Bertz CT molecular complexity index is 867. The SMILES string of the molecule is Cc1c(B2OC(C)(C)C(C)(C)O2)ccc(-n2cccn2)c1C(=O)NC(C)(C)C. The van der Waals surface area contributed by atoms with Gasteiger partial charge in [-0.1, -0.05) is 6.07 Å². The summed E-state index contributed by atoms with van der Waals surface area (Å²) in [6.45, 7) is 15.9. The van der Waals surface area contributed by atoms with Gasteiger partial charge in [0, 0.05) is 17.9 Å². The Morgan fingerprint density at radius 2 is 1.75 bits per heavy atom. The molecule has 1 N–H and O–H groups in total. The van der Waals surface area contributed by atoms with E-state index >= 15 is 0 Å². The summed E-state index contributed by atoms with van der Waals surface area (Å²) in [5.74, 6) is -0.145. The van der Waals surface area contributed by atoms with Gasteiger partial charge in [0.25, 0.3) is 5.91 Å². The highest BCUT2D eigenvalue weighted by Crippen LogP contribution is 2.37. The molecule has 0 spiro atoms. The number of benzene rings is 1. The fourth-order valence-corrected chi connectivity index (χ4v) is 3.23. The lowest BCUT2D eigenvalue weighted by Gasteiger charge is -2.32. The van der Waals surface area contributed by atoms with Crippen LogP contribution in [0.15, 0.2) is 30.6 Å². The van der Waals surface area contributed by atoms with E-state index in [1.165, 1.54) is 0 Å². The molecule has 0 radical (unpaired) electrons. The summed E-state index contributed by atoms with van der Waals surface area (Å²) in [5, 5.41) is 7.38. The van der Waals surface area contributed by atoms with E-state index < -0.39 is 18.3 Å². The third kappa shape index (κ3) is 3.73. The molecule has 0 atom stereocenters. The van der Waals surface area contributed by atoms with Gasteiger partial charge in [0.15, 0.2) is 0 Å². The number of nitrogens with zero attached hydrogens (tertiary/aromatic N) is 2. The monoisotopic (exact) mass is 383 g/mol. The van der Waals surface area contributed by atoms with Crippen molar-refractivity contribution in [3.63, 3.8) is 0 Å². The number of rotatable bonds is 3. The molecule has 0 aliphatic carbocycles. The van der Waals surface area contributed by atoms with Crippen LogP contribution >= 0.6 is 0 Å². The quantitative estimate of drug-likeness (QED) is 0.828. The van der Waals surface area contributed by atoms with Gasteiger partial charge in [0.05, 0.1) is 22.5 Å². The Hall–Kier alpha value is -2.12. The van der Waals surface area contributed by atoms with Gasteiger partial charge in [0.2, 0.25) is 0 Å². The van der Waals surface area contributed by atoms with Crippen LogP contribution in [0.5, 0.6) is 0 Å². The standard InChI is InChI=1S/C21H30BN3O3/c1-14-15(22-27-20(5,6)21(7,8)28-22)10-11-16(25-13-9-12-23-25)17(14)18(26)24-19(2,3)4/h9-13H,1-8H3,(H,24,26). The van der Waals surface area contributed by atoms with Gasteiger partial charge in [-0.3, -0.25) is 4.79 Å². The number of hydrogen-bond acceptors (Lipinski definition) is 4. The molecule has 2 heterocycles. The van der Waals surface area contributed by atoms with E-state index in [2.05, 4.69) is 10.4 Å². The molecule has 1 aliphatic rings. The first-order valence-electron chi connectivity index (χ1n) is 9.64. The van der Waals surface area contributed by atoms with Crippen molar-refractivity contribution >= 4 is 18.5 Å². The number of nitrogens with one attached hydrogen (secondary N) is 1. The molecule has 3 rings (SSSR count). The highest BCUT2D eigenvalue weighted by atomic mass is 16.7. The van der Waals surface area contributed by atoms with Crippen LogP contribution in [0.4, 0.5) is 0 Å². The first-order chi connectivity index (χ1) is 12.8. The first kappa shape index (κ1) is 20.6. The number of carbonyl (C=O) groups is 1. The van der Waals surface area contributed by atoms with E-state index in [0.29, 0.717) is 5.56 Å². The molecule has 1 fully saturated rings. The van der Waals surface area contributed by atoms with Crippen molar-refractivity contribution in [3.05, 3.63) is 41.7 Å². The van der Waals surface area contributed by atoms with Crippen molar-refractivity contribution in [2.24, 2.45) is 0 Å². The van der Waals surface area contributed by atoms with Gasteiger partial charge in [-0.2, -0.15) is 5.10 Å². The average molecular weight is 383 g/mol. The van der Waals surface area contributed by atoms with Crippen LogP contribution in [0.25, 0.3) is 5.69 Å². The van der Waals surface area contributed by atoms with E-state index in [-0.39, 0.29) is 11.4 Å². The number of carbonyl (C=O) groups excluding carboxylic acids is 1. The normalized spacial score (nSPS) is 18.4. The van der Waals surface area contributed by atoms with Gasteiger partial charge in [-0.15, -0.1) is 0 Å². The lowest BCUT2D eigenvalue weighted by atomic mass is 9.74. The molecule has 2 aromatic rings. The molecular weight excluding hydrogens is 353 g/mol. The highest BCUT2D eigenvalue weighted by molar-refractivity contribution is 6.62. The fourth-order valence-electron chi connectivity index (χ4n) is 3.23. The van der Waals surface area contributed by atoms with Crippen LogP contribution in [-0.4, -0.2) is 39.5 Å². The second-order valence-electron chi connectivity index (χ2n) is 9.42. The van der Waals surface area contributed by atoms with Gasteiger partial charge in [0.1, 0.15) is 0 Å². The summed E-state index contributed by atoms with van der Waals surface area (Å²) in [7, 11) is -0.530. The van der Waals surface area contributed by atoms with Crippen molar-refractivity contribution in [1.29, 1.82) is 0 Å². The van der Waals surface area contributed by atoms with E-state index in [0.717, 1.165) is 16.7 Å². The lowest BCUT2D eigenvalue weighted by molar-refractivity contribution is 0.00578. The van der Waals surface area contributed by atoms with E-state index in [9.17, 15) is 4.79 Å². The van der Waals surface area contributed by atoms with Gasteiger partial charge >= 0.3 is 7.12 Å². The van der Waals surface area contributed by atoms with Gasteiger partial charge < -0.3 is 14.6 Å². The fraction of sp³-hybridized carbons (Fsp3) is 0.524. The summed E-state index contributed by atoms with van der Waals surface area (Å²) < 4.78 is 14.1. The zero-order valence-corrected chi connectivity index (χ0v) is 18.1. The molecule has 1 aliphatic heterocycles.